The van der Waals surface area contributed by atoms with Crippen LogP contribution in [0, 0.1) is 11.8 Å². The predicted octanol–water partition coefficient (Wildman–Crippen LogP) is 3.15. The number of halogens is 4. The summed E-state index contributed by atoms with van der Waals surface area (Å²) in [4.78, 5) is 11.9. The molecule has 1 amide bonds. The maximum absolute atomic E-state index is 12.7. The first-order valence-corrected chi connectivity index (χ1v) is 6.55. The normalized spacial score (nSPS) is 17.4. The third-order valence-corrected chi connectivity index (χ3v) is 3.80. The average Bonchev–Trinajstić information content (AvgIpc) is 2.27. The van der Waals surface area contributed by atoms with E-state index < -0.39 is 11.7 Å². The molecule has 0 aliphatic carbocycles. The summed E-state index contributed by atoms with van der Waals surface area (Å²) in [5.74, 6) is -0.308. The highest BCUT2D eigenvalue weighted by Crippen LogP contribution is 2.36. The zero-order valence-electron chi connectivity index (χ0n) is 10.7. The van der Waals surface area contributed by atoms with Gasteiger partial charge in [-0.1, -0.05) is 18.5 Å². The molecule has 0 radical (unpaired) electrons. The minimum absolute atomic E-state index is 0.103. The van der Waals surface area contributed by atoms with E-state index in [4.69, 9.17) is 11.6 Å². The number of benzene rings is 1. The first kappa shape index (κ1) is 15.1. The number of anilines is 1. The number of alkyl halides is 3. The van der Waals surface area contributed by atoms with Crippen LogP contribution in [0.5, 0.6) is 0 Å². The van der Waals surface area contributed by atoms with Crippen LogP contribution in [0.4, 0.5) is 18.9 Å². The summed E-state index contributed by atoms with van der Waals surface area (Å²) in [6.45, 7) is 3.27. The molecule has 0 aromatic heterocycles. The number of carbonyl (C=O) groups excluding carboxylic acids is 1. The molecule has 1 aliphatic heterocycles. The summed E-state index contributed by atoms with van der Waals surface area (Å²) in [6.07, 6.45) is -4.54. The molecule has 1 aromatic rings. The van der Waals surface area contributed by atoms with Gasteiger partial charge >= 0.3 is 6.18 Å². The predicted molar refractivity (Wildman–Crippen MR) is 70.6 cm³/mol. The fourth-order valence-electron chi connectivity index (χ4n) is 1.95. The van der Waals surface area contributed by atoms with Crippen LogP contribution in [0.2, 0.25) is 5.02 Å². The highest BCUT2D eigenvalue weighted by molar-refractivity contribution is 6.31. The third-order valence-electron chi connectivity index (χ3n) is 3.47. The van der Waals surface area contributed by atoms with Gasteiger partial charge in [-0.25, -0.2) is 0 Å². The van der Waals surface area contributed by atoms with Crippen LogP contribution in [-0.4, -0.2) is 19.0 Å². The first-order valence-electron chi connectivity index (χ1n) is 6.17. The highest BCUT2D eigenvalue weighted by Gasteiger charge is 2.34. The van der Waals surface area contributed by atoms with Crippen LogP contribution in [0.25, 0.3) is 0 Å². The summed E-state index contributed by atoms with van der Waals surface area (Å²) in [5, 5.41) is 5.17. The third kappa shape index (κ3) is 3.24. The molecule has 0 saturated carbocycles. The molecular formula is C13H14ClF3N2O. The van der Waals surface area contributed by atoms with Gasteiger partial charge in [0.2, 0.25) is 5.91 Å². The number of rotatable bonds is 3. The molecule has 1 heterocycles. The lowest BCUT2D eigenvalue weighted by Crippen LogP contribution is -2.48. The first-order chi connectivity index (χ1) is 9.29. The number of amides is 1. The lowest BCUT2D eigenvalue weighted by molar-refractivity contribution is -0.137. The molecule has 1 saturated heterocycles. The van der Waals surface area contributed by atoms with Gasteiger partial charge in [0, 0.05) is 11.6 Å². The monoisotopic (exact) mass is 306 g/mol. The second-order valence-electron chi connectivity index (χ2n) is 4.89. The Morgan fingerprint density at radius 2 is 2.10 bits per heavy atom. The van der Waals surface area contributed by atoms with E-state index in [0.29, 0.717) is 0 Å². The molecule has 2 rings (SSSR count). The minimum Gasteiger partial charge on any atom is -0.326 e. The summed E-state index contributed by atoms with van der Waals surface area (Å²) >= 11 is 5.52. The van der Waals surface area contributed by atoms with Crippen LogP contribution >= 0.6 is 11.6 Å². The molecule has 2 N–H and O–H groups in total. The fourth-order valence-corrected chi connectivity index (χ4v) is 2.18. The Balaban J connectivity index is 2.11. The number of carbonyl (C=O) groups is 1. The van der Waals surface area contributed by atoms with E-state index in [0.717, 1.165) is 25.2 Å². The van der Waals surface area contributed by atoms with Crippen molar-refractivity contribution in [2.75, 3.05) is 18.4 Å². The number of hydrogen-bond donors (Lipinski definition) is 2. The molecule has 20 heavy (non-hydrogen) atoms. The van der Waals surface area contributed by atoms with E-state index >= 15 is 0 Å². The van der Waals surface area contributed by atoms with Crippen molar-refractivity contribution in [2.24, 2.45) is 11.8 Å². The lowest BCUT2D eigenvalue weighted by atomic mass is 9.88. The van der Waals surface area contributed by atoms with Gasteiger partial charge in [0.25, 0.3) is 0 Å². The maximum atomic E-state index is 12.7. The Kier molecular flexibility index (Phi) is 4.25. The van der Waals surface area contributed by atoms with Crippen molar-refractivity contribution in [2.45, 2.75) is 13.1 Å². The molecule has 110 valence electrons. The maximum Gasteiger partial charge on any atom is 0.417 e. The summed E-state index contributed by atoms with van der Waals surface area (Å²) in [7, 11) is 0. The van der Waals surface area contributed by atoms with Crippen molar-refractivity contribution in [3.05, 3.63) is 28.8 Å². The van der Waals surface area contributed by atoms with E-state index in [2.05, 4.69) is 10.6 Å². The average molecular weight is 307 g/mol. The summed E-state index contributed by atoms with van der Waals surface area (Å²) < 4.78 is 38.1. The van der Waals surface area contributed by atoms with Crippen molar-refractivity contribution >= 4 is 23.2 Å². The Bertz CT molecular complexity index is 515. The second kappa shape index (κ2) is 5.61. The topological polar surface area (TPSA) is 41.1 Å². The number of nitrogens with one attached hydrogen (secondary N) is 2. The van der Waals surface area contributed by atoms with Crippen LogP contribution < -0.4 is 10.6 Å². The van der Waals surface area contributed by atoms with Gasteiger partial charge in [0.05, 0.1) is 10.6 Å². The molecule has 1 aliphatic rings. The van der Waals surface area contributed by atoms with Gasteiger partial charge in [-0.3, -0.25) is 4.79 Å². The van der Waals surface area contributed by atoms with Gasteiger partial charge in [-0.2, -0.15) is 13.2 Å². The molecule has 7 heteroatoms. The van der Waals surface area contributed by atoms with Crippen molar-refractivity contribution in [1.29, 1.82) is 0 Å². The zero-order chi connectivity index (χ0) is 14.9. The molecule has 3 nitrogen and oxygen atoms in total. The van der Waals surface area contributed by atoms with Crippen molar-refractivity contribution in [3.63, 3.8) is 0 Å². The van der Waals surface area contributed by atoms with Crippen molar-refractivity contribution < 1.29 is 18.0 Å². The minimum atomic E-state index is -4.54. The fraction of sp³-hybridized carbons (Fsp3) is 0.462. The SMILES string of the molecule is CC(C(=O)Nc1ccc(Cl)c(C(F)(F)F)c1)C1CNC1. The van der Waals surface area contributed by atoms with E-state index in [1.807, 2.05) is 0 Å². The Labute approximate surface area is 119 Å². The van der Waals surface area contributed by atoms with E-state index in [9.17, 15) is 18.0 Å². The molecule has 1 aromatic carbocycles. The molecule has 0 spiro atoms. The van der Waals surface area contributed by atoms with Gasteiger partial charge in [-0.15, -0.1) is 0 Å². The molecule has 0 bridgehead atoms. The van der Waals surface area contributed by atoms with Crippen LogP contribution in [0.3, 0.4) is 0 Å². The van der Waals surface area contributed by atoms with Gasteiger partial charge in [0.1, 0.15) is 0 Å². The zero-order valence-corrected chi connectivity index (χ0v) is 11.5. The van der Waals surface area contributed by atoms with Crippen molar-refractivity contribution in [3.8, 4) is 0 Å². The van der Waals surface area contributed by atoms with E-state index in [1.54, 1.807) is 6.92 Å². The van der Waals surface area contributed by atoms with Crippen LogP contribution in [0.1, 0.15) is 12.5 Å². The van der Waals surface area contributed by atoms with Crippen LogP contribution in [0.15, 0.2) is 18.2 Å². The summed E-state index contributed by atoms with van der Waals surface area (Å²) in [6, 6.07) is 3.35. The van der Waals surface area contributed by atoms with E-state index in [1.165, 1.54) is 6.07 Å². The molecule has 1 fully saturated rings. The Hall–Kier alpha value is -1.27. The van der Waals surface area contributed by atoms with E-state index in [-0.39, 0.29) is 28.5 Å². The molecular weight excluding hydrogens is 293 g/mol. The van der Waals surface area contributed by atoms with Gasteiger partial charge in [-0.05, 0) is 37.2 Å². The Morgan fingerprint density at radius 1 is 1.45 bits per heavy atom. The van der Waals surface area contributed by atoms with Crippen molar-refractivity contribution in [1.82, 2.24) is 5.32 Å². The number of hydrogen-bond acceptors (Lipinski definition) is 2. The highest BCUT2D eigenvalue weighted by atomic mass is 35.5. The quantitative estimate of drug-likeness (QED) is 0.900. The second-order valence-corrected chi connectivity index (χ2v) is 5.30. The largest absolute Gasteiger partial charge is 0.417 e. The van der Waals surface area contributed by atoms with Gasteiger partial charge < -0.3 is 10.6 Å². The smallest absolute Gasteiger partial charge is 0.326 e. The molecule has 1 unspecified atom stereocenters. The standard InChI is InChI=1S/C13H14ClF3N2O/c1-7(8-5-18-6-8)12(20)19-9-2-3-11(14)10(4-9)13(15,16)17/h2-4,7-8,18H,5-6H2,1H3,(H,19,20). The molecule has 1 atom stereocenters. The van der Waals surface area contributed by atoms with Gasteiger partial charge in [0.15, 0.2) is 0 Å². The van der Waals surface area contributed by atoms with Crippen LogP contribution in [-0.2, 0) is 11.0 Å². The summed E-state index contributed by atoms with van der Waals surface area (Å²) in [5.41, 5.74) is -0.846. The Morgan fingerprint density at radius 3 is 2.60 bits per heavy atom. The lowest BCUT2D eigenvalue weighted by Gasteiger charge is -2.31.